The van der Waals surface area contributed by atoms with Crippen molar-refractivity contribution < 1.29 is 4.74 Å². The van der Waals surface area contributed by atoms with Crippen molar-refractivity contribution in [3.05, 3.63) is 0 Å². The molecule has 17 heavy (non-hydrogen) atoms. The molecule has 98 valence electrons. The normalized spacial score (nSPS) is 39.9. The van der Waals surface area contributed by atoms with Crippen LogP contribution in [0.3, 0.4) is 0 Å². The Bertz CT molecular complexity index is 247. The van der Waals surface area contributed by atoms with Gasteiger partial charge >= 0.3 is 0 Å². The van der Waals surface area contributed by atoms with Gasteiger partial charge in [0, 0.05) is 12.4 Å². The summed E-state index contributed by atoms with van der Waals surface area (Å²) in [5.41, 5.74) is 0.292. The van der Waals surface area contributed by atoms with Crippen molar-refractivity contribution >= 4 is 11.8 Å². The molecule has 0 bridgehead atoms. The first-order chi connectivity index (χ1) is 8.36. The second kappa shape index (κ2) is 5.50. The zero-order chi connectivity index (χ0) is 11.6. The van der Waals surface area contributed by atoms with E-state index in [-0.39, 0.29) is 0 Å². The van der Waals surface area contributed by atoms with Crippen LogP contribution in [0.4, 0.5) is 0 Å². The van der Waals surface area contributed by atoms with Crippen molar-refractivity contribution in [3.8, 4) is 0 Å². The minimum atomic E-state index is 0.292. The zero-order valence-corrected chi connectivity index (χ0v) is 11.6. The highest BCUT2D eigenvalue weighted by Gasteiger charge is 2.40. The minimum absolute atomic E-state index is 0.292. The Hall–Kier alpha value is 0.270. The first-order valence-electron chi connectivity index (χ1n) is 7.29. The van der Waals surface area contributed by atoms with Gasteiger partial charge in [-0.2, -0.15) is 11.8 Å². The van der Waals surface area contributed by atoms with Crippen molar-refractivity contribution in [2.45, 2.75) is 44.1 Å². The molecule has 1 N–H and O–H groups in total. The lowest BCUT2D eigenvalue weighted by Gasteiger charge is -2.39. The number of hydrogen-bond acceptors (Lipinski definition) is 3. The predicted molar refractivity (Wildman–Crippen MR) is 73.6 cm³/mol. The van der Waals surface area contributed by atoms with Crippen LogP contribution in [0.2, 0.25) is 0 Å². The first kappa shape index (κ1) is 12.3. The smallest absolute Gasteiger partial charge is 0.0783 e. The molecule has 0 amide bonds. The molecule has 0 radical (unpaired) electrons. The second-order valence-electron chi connectivity index (χ2n) is 6.12. The Morgan fingerprint density at radius 3 is 2.82 bits per heavy atom. The summed E-state index contributed by atoms with van der Waals surface area (Å²) in [6.07, 6.45) is 8.25. The summed E-state index contributed by atoms with van der Waals surface area (Å²) in [6.45, 7) is 3.51. The molecule has 0 aromatic rings. The van der Waals surface area contributed by atoms with Crippen LogP contribution in [0.1, 0.15) is 38.5 Å². The summed E-state index contributed by atoms with van der Waals surface area (Å²) in [4.78, 5) is 0. The maximum atomic E-state index is 6.11. The number of thioether (sulfide) groups is 1. The number of hydrogen-bond donors (Lipinski definition) is 1. The quantitative estimate of drug-likeness (QED) is 0.820. The lowest BCUT2D eigenvalue weighted by Crippen LogP contribution is -2.40. The summed E-state index contributed by atoms with van der Waals surface area (Å²) >= 11 is 2.09. The highest BCUT2D eigenvalue weighted by atomic mass is 32.2. The maximum absolute atomic E-state index is 6.11. The van der Waals surface area contributed by atoms with Gasteiger partial charge in [0.15, 0.2) is 0 Å². The third kappa shape index (κ3) is 2.99. The van der Waals surface area contributed by atoms with Crippen LogP contribution in [-0.4, -0.2) is 36.8 Å². The largest absolute Gasteiger partial charge is 0.374 e. The molecule has 0 aromatic heterocycles. The fourth-order valence-electron chi connectivity index (χ4n) is 3.78. The molecular weight excluding hydrogens is 230 g/mol. The molecule has 3 rings (SSSR count). The molecular formula is C14H25NOS. The van der Waals surface area contributed by atoms with E-state index in [4.69, 9.17) is 4.74 Å². The Morgan fingerprint density at radius 2 is 2.06 bits per heavy atom. The fourth-order valence-corrected chi connectivity index (χ4v) is 5.16. The van der Waals surface area contributed by atoms with Crippen molar-refractivity contribution in [1.29, 1.82) is 0 Å². The molecule has 1 spiro atoms. The Balaban J connectivity index is 1.52. The van der Waals surface area contributed by atoms with Gasteiger partial charge in [-0.1, -0.05) is 0 Å². The molecule has 2 nitrogen and oxygen atoms in total. The van der Waals surface area contributed by atoms with Crippen LogP contribution in [0.25, 0.3) is 0 Å². The van der Waals surface area contributed by atoms with Crippen LogP contribution in [0.15, 0.2) is 0 Å². The topological polar surface area (TPSA) is 21.3 Å². The van der Waals surface area contributed by atoms with Crippen molar-refractivity contribution in [3.63, 3.8) is 0 Å². The zero-order valence-electron chi connectivity index (χ0n) is 10.7. The van der Waals surface area contributed by atoms with Crippen LogP contribution in [0, 0.1) is 11.8 Å². The van der Waals surface area contributed by atoms with Gasteiger partial charge in [-0.15, -0.1) is 0 Å². The lowest BCUT2D eigenvalue weighted by atomic mass is 9.78. The van der Waals surface area contributed by atoms with Gasteiger partial charge in [-0.25, -0.2) is 0 Å². The van der Waals surface area contributed by atoms with Crippen LogP contribution in [0.5, 0.6) is 0 Å². The van der Waals surface area contributed by atoms with E-state index >= 15 is 0 Å². The monoisotopic (exact) mass is 255 g/mol. The fraction of sp³-hybridized carbons (Fsp3) is 1.00. The Labute approximate surface area is 109 Å². The third-order valence-corrected chi connectivity index (χ3v) is 6.01. The number of nitrogens with one attached hydrogen (secondary N) is 1. The van der Waals surface area contributed by atoms with Gasteiger partial charge in [-0.3, -0.25) is 0 Å². The second-order valence-corrected chi connectivity index (χ2v) is 7.23. The van der Waals surface area contributed by atoms with Gasteiger partial charge in [0.2, 0.25) is 0 Å². The standard InChI is InChI=1S/C14H25NOS/c1-5-15-6-2-12(1)9-13-3-7-16-14(10-13)4-8-17-11-14/h12-13,15H,1-11H2. The van der Waals surface area contributed by atoms with E-state index in [0.717, 1.165) is 18.4 Å². The summed E-state index contributed by atoms with van der Waals surface area (Å²) < 4.78 is 6.11. The van der Waals surface area contributed by atoms with E-state index in [1.165, 1.54) is 63.1 Å². The summed E-state index contributed by atoms with van der Waals surface area (Å²) in [6, 6.07) is 0. The number of rotatable bonds is 2. The summed E-state index contributed by atoms with van der Waals surface area (Å²) in [5, 5.41) is 3.47. The van der Waals surface area contributed by atoms with Gasteiger partial charge in [0.05, 0.1) is 5.60 Å². The van der Waals surface area contributed by atoms with E-state index in [1.54, 1.807) is 0 Å². The van der Waals surface area contributed by atoms with Crippen LogP contribution >= 0.6 is 11.8 Å². The van der Waals surface area contributed by atoms with E-state index < -0.39 is 0 Å². The average Bonchev–Trinajstić information content (AvgIpc) is 2.79. The van der Waals surface area contributed by atoms with E-state index in [2.05, 4.69) is 17.1 Å². The van der Waals surface area contributed by atoms with Crippen molar-refractivity contribution in [2.75, 3.05) is 31.2 Å². The van der Waals surface area contributed by atoms with E-state index in [9.17, 15) is 0 Å². The summed E-state index contributed by atoms with van der Waals surface area (Å²) in [5.74, 6) is 4.52. The number of ether oxygens (including phenoxy) is 1. The molecule has 0 aliphatic carbocycles. The van der Waals surface area contributed by atoms with Crippen LogP contribution in [-0.2, 0) is 4.74 Å². The highest BCUT2D eigenvalue weighted by Crippen LogP contribution is 2.42. The molecule has 0 saturated carbocycles. The van der Waals surface area contributed by atoms with E-state index in [1.807, 2.05) is 0 Å². The van der Waals surface area contributed by atoms with Gasteiger partial charge in [-0.05, 0) is 69.2 Å². The molecule has 2 atom stereocenters. The van der Waals surface area contributed by atoms with Gasteiger partial charge in [0.1, 0.15) is 0 Å². The molecule has 3 saturated heterocycles. The average molecular weight is 255 g/mol. The molecule has 3 aliphatic heterocycles. The van der Waals surface area contributed by atoms with Crippen molar-refractivity contribution in [1.82, 2.24) is 5.32 Å². The Morgan fingerprint density at radius 1 is 1.18 bits per heavy atom. The molecule has 3 fully saturated rings. The lowest BCUT2D eigenvalue weighted by molar-refractivity contribution is -0.0831. The maximum Gasteiger partial charge on any atom is 0.0783 e. The van der Waals surface area contributed by atoms with Crippen molar-refractivity contribution in [2.24, 2.45) is 11.8 Å². The molecule has 2 unspecified atom stereocenters. The van der Waals surface area contributed by atoms with E-state index in [0.29, 0.717) is 5.60 Å². The van der Waals surface area contributed by atoms with Crippen LogP contribution < -0.4 is 5.32 Å². The Kier molecular flexibility index (Phi) is 3.98. The molecule has 0 aromatic carbocycles. The molecule has 3 aliphatic rings. The van der Waals surface area contributed by atoms with Gasteiger partial charge < -0.3 is 10.1 Å². The minimum Gasteiger partial charge on any atom is -0.374 e. The summed E-state index contributed by atoms with van der Waals surface area (Å²) in [7, 11) is 0. The first-order valence-corrected chi connectivity index (χ1v) is 8.44. The highest BCUT2D eigenvalue weighted by molar-refractivity contribution is 7.99. The SMILES string of the molecule is C1CC(CC2CCOC3(CCSC3)C2)CCN1. The predicted octanol–water partition coefficient (Wildman–Crippen LogP) is 2.68. The molecule has 3 heterocycles. The molecule has 3 heteroatoms. The number of piperidine rings is 1. The van der Waals surface area contributed by atoms with Gasteiger partial charge in [0.25, 0.3) is 0 Å². The third-order valence-electron chi connectivity index (χ3n) is 4.79.